The highest BCUT2D eigenvalue weighted by Crippen LogP contribution is 2.28. The molecule has 0 atom stereocenters. The minimum atomic E-state index is -4.29. The molecule has 9 nitrogen and oxygen atoms in total. The molecule has 1 fully saturated rings. The van der Waals surface area contributed by atoms with Gasteiger partial charge in [-0.3, -0.25) is 15.0 Å². The van der Waals surface area contributed by atoms with Gasteiger partial charge in [0.15, 0.2) is 0 Å². The van der Waals surface area contributed by atoms with Gasteiger partial charge in [0.2, 0.25) is 0 Å². The summed E-state index contributed by atoms with van der Waals surface area (Å²) < 4.78 is 29.2. The molecule has 0 spiro atoms. The summed E-state index contributed by atoms with van der Waals surface area (Å²) in [5.41, 5.74) is 10.5. The molecule has 0 bridgehead atoms. The summed E-state index contributed by atoms with van der Waals surface area (Å²) >= 11 is 5.80. The fourth-order valence-electron chi connectivity index (χ4n) is 4.92. The number of sulfonamides is 1. The molecule has 4 aromatic carbocycles. The number of piperazine rings is 1. The first-order valence-corrected chi connectivity index (χ1v) is 15.5. The van der Waals surface area contributed by atoms with Crippen LogP contribution in [0.3, 0.4) is 0 Å². The van der Waals surface area contributed by atoms with E-state index in [1.54, 1.807) is 12.1 Å². The fourth-order valence-corrected chi connectivity index (χ4v) is 6.07. The third-order valence-corrected chi connectivity index (χ3v) is 8.86. The molecule has 5 rings (SSSR count). The highest BCUT2D eigenvalue weighted by molar-refractivity contribution is 7.90. The Morgan fingerprint density at radius 1 is 0.860 bits per heavy atom. The van der Waals surface area contributed by atoms with Gasteiger partial charge in [0.05, 0.1) is 9.82 Å². The Kier molecular flexibility index (Phi) is 9.20. The lowest BCUT2D eigenvalue weighted by atomic mass is 9.97. The van der Waals surface area contributed by atoms with Crippen molar-refractivity contribution in [2.24, 2.45) is 10.1 Å². The number of anilines is 1. The fraction of sp³-hybridized carbons (Fsp3) is 0.156. The minimum Gasteiger partial charge on any atom is -0.383 e. The van der Waals surface area contributed by atoms with E-state index >= 15 is 0 Å². The van der Waals surface area contributed by atoms with Gasteiger partial charge in [-0.05, 0) is 53.1 Å². The van der Waals surface area contributed by atoms with E-state index < -0.39 is 20.6 Å². The second-order valence-electron chi connectivity index (χ2n) is 10.0. The number of rotatable bonds is 9. The van der Waals surface area contributed by atoms with Gasteiger partial charge in [0.1, 0.15) is 10.9 Å². The number of hydrogen-bond donors (Lipinski definition) is 1. The minimum absolute atomic E-state index is 0.169. The molecule has 1 aliphatic heterocycles. The van der Waals surface area contributed by atoms with E-state index in [4.69, 9.17) is 17.3 Å². The van der Waals surface area contributed by atoms with Crippen LogP contribution in [-0.2, 0) is 10.0 Å². The van der Waals surface area contributed by atoms with E-state index in [0.29, 0.717) is 5.56 Å². The van der Waals surface area contributed by atoms with Gasteiger partial charge in [-0.1, -0.05) is 78.3 Å². The van der Waals surface area contributed by atoms with Crippen LogP contribution >= 0.6 is 11.6 Å². The number of hydrogen-bond acceptors (Lipinski definition) is 6. The second-order valence-corrected chi connectivity index (χ2v) is 12.0. The van der Waals surface area contributed by atoms with Crippen molar-refractivity contribution in [2.45, 2.75) is 4.90 Å². The molecule has 2 N–H and O–H groups in total. The summed E-state index contributed by atoms with van der Waals surface area (Å²) in [6.07, 6.45) is 2.30. The quantitative estimate of drug-likeness (QED) is 0.113. The van der Waals surface area contributed by atoms with Gasteiger partial charge < -0.3 is 10.6 Å². The monoisotopic (exact) mass is 615 g/mol. The van der Waals surface area contributed by atoms with E-state index in [-0.39, 0.29) is 15.8 Å². The van der Waals surface area contributed by atoms with Crippen LogP contribution in [0.1, 0.15) is 16.7 Å². The van der Waals surface area contributed by atoms with Gasteiger partial charge in [0.25, 0.3) is 15.7 Å². The molecular weight excluding hydrogens is 586 g/mol. The number of benzene rings is 4. The van der Waals surface area contributed by atoms with E-state index in [2.05, 4.69) is 68.8 Å². The molecule has 0 radical (unpaired) electrons. The largest absolute Gasteiger partial charge is 0.383 e. The summed E-state index contributed by atoms with van der Waals surface area (Å²) in [7, 11) is -4.29. The maximum Gasteiger partial charge on any atom is 0.289 e. The van der Waals surface area contributed by atoms with Crippen molar-refractivity contribution in [2.75, 3.05) is 37.6 Å². The van der Waals surface area contributed by atoms with Crippen LogP contribution < -0.4 is 10.6 Å². The predicted octanol–water partition coefficient (Wildman–Crippen LogP) is 5.60. The third kappa shape index (κ3) is 7.29. The third-order valence-electron chi connectivity index (χ3n) is 7.25. The lowest BCUT2D eigenvalue weighted by molar-refractivity contribution is -0.384. The van der Waals surface area contributed by atoms with Crippen LogP contribution in [0.4, 0.5) is 11.4 Å². The van der Waals surface area contributed by atoms with Crippen LogP contribution in [0, 0.1) is 10.1 Å². The first kappa shape index (κ1) is 30.0. The summed E-state index contributed by atoms with van der Waals surface area (Å²) in [4.78, 5) is 14.7. The Labute approximate surface area is 255 Å². The van der Waals surface area contributed by atoms with Crippen molar-refractivity contribution in [1.82, 2.24) is 4.90 Å². The molecule has 1 heterocycles. The average molecular weight is 616 g/mol. The number of nitrogens with two attached hydrogens (primary N) is 1. The van der Waals surface area contributed by atoms with E-state index in [9.17, 15) is 18.5 Å². The molecule has 1 aliphatic rings. The molecule has 220 valence electrons. The Bertz CT molecular complexity index is 1710. The maximum atomic E-state index is 12.8. The molecular formula is C32H30ClN5O4S. The van der Waals surface area contributed by atoms with Crippen LogP contribution in [0.15, 0.2) is 118 Å². The number of nitrogens with zero attached hydrogens (tertiary/aromatic N) is 4. The zero-order valence-electron chi connectivity index (χ0n) is 23.2. The maximum absolute atomic E-state index is 12.8. The molecule has 0 unspecified atom stereocenters. The van der Waals surface area contributed by atoms with Crippen molar-refractivity contribution in [3.8, 4) is 0 Å². The molecule has 1 saturated heterocycles. The second kappa shape index (κ2) is 13.2. The number of amidine groups is 1. The van der Waals surface area contributed by atoms with E-state index in [1.807, 2.05) is 24.3 Å². The highest BCUT2D eigenvalue weighted by atomic mass is 35.5. The first-order valence-electron chi connectivity index (χ1n) is 13.6. The van der Waals surface area contributed by atoms with E-state index in [0.717, 1.165) is 56.6 Å². The van der Waals surface area contributed by atoms with Crippen molar-refractivity contribution in [3.63, 3.8) is 0 Å². The number of nitro groups is 1. The number of nitro benzene ring substituents is 1. The summed E-state index contributed by atoms with van der Waals surface area (Å²) in [6, 6.07) is 31.2. The molecule has 43 heavy (non-hydrogen) atoms. The summed E-state index contributed by atoms with van der Waals surface area (Å²) in [6.45, 7) is 4.30. The van der Waals surface area contributed by atoms with Gasteiger partial charge in [0, 0.05) is 50.0 Å². The first-order chi connectivity index (χ1) is 20.7. The Morgan fingerprint density at radius 3 is 2.00 bits per heavy atom. The van der Waals surface area contributed by atoms with Gasteiger partial charge >= 0.3 is 0 Å². The molecule has 0 aromatic heterocycles. The smallest absolute Gasteiger partial charge is 0.289 e. The van der Waals surface area contributed by atoms with E-state index in [1.165, 1.54) is 16.7 Å². The van der Waals surface area contributed by atoms with Crippen LogP contribution in [0.5, 0.6) is 0 Å². The van der Waals surface area contributed by atoms with Crippen LogP contribution in [-0.4, -0.2) is 56.8 Å². The molecule has 11 heteroatoms. The Morgan fingerprint density at radius 2 is 1.44 bits per heavy atom. The Balaban J connectivity index is 1.23. The lowest BCUT2D eigenvalue weighted by Gasteiger charge is -2.35. The average Bonchev–Trinajstić information content (AvgIpc) is 3.02. The zero-order valence-corrected chi connectivity index (χ0v) is 24.8. The lowest BCUT2D eigenvalue weighted by Crippen LogP contribution is -2.46. The van der Waals surface area contributed by atoms with Crippen molar-refractivity contribution in [1.29, 1.82) is 0 Å². The molecule has 0 saturated carbocycles. The summed E-state index contributed by atoms with van der Waals surface area (Å²) in [5, 5.41) is 11.0. The molecule has 4 aromatic rings. The Hall–Kier alpha value is -4.51. The van der Waals surface area contributed by atoms with Crippen molar-refractivity contribution in [3.05, 3.63) is 141 Å². The van der Waals surface area contributed by atoms with Crippen LogP contribution in [0.25, 0.3) is 5.57 Å². The van der Waals surface area contributed by atoms with Crippen molar-refractivity contribution < 1.29 is 13.3 Å². The van der Waals surface area contributed by atoms with Gasteiger partial charge in [-0.2, -0.15) is 8.42 Å². The van der Waals surface area contributed by atoms with Gasteiger partial charge in [-0.15, -0.1) is 4.40 Å². The highest BCUT2D eigenvalue weighted by Gasteiger charge is 2.21. The summed E-state index contributed by atoms with van der Waals surface area (Å²) in [5.74, 6) is -0.214. The van der Waals surface area contributed by atoms with Gasteiger partial charge in [-0.25, -0.2) is 0 Å². The topological polar surface area (TPSA) is 122 Å². The zero-order chi connectivity index (χ0) is 30.4. The SMILES string of the molecule is N/C(=N/S(=O)(=O)c1ccc(Cl)c([N+](=O)[O-])c1)c1ccc(N2CCN(CC=C(c3ccccc3)c3ccccc3)CC2)cc1. The normalized spacial score (nSPS) is 14.3. The van der Waals surface area contributed by atoms with Crippen LogP contribution in [0.2, 0.25) is 5.02 Å². The molecule has 0 aliphatic carbocycles. The standard InChI is InChI=1S/C32H30ClN5O4S/c33-30-16-15-28(23-31(30)38(39)40)43(41,42)35-32(34)26-11-13-27(14-12-26)37-21-19-36(20-22-37)18-17-29(24-7-3-1-4-8-24)25-9-5-2-6-10-25/h1-17,23H,18-22H2,(H2,34,35). The van der Waals surface area contributed by atoms with Crippen molar-refractivity contribution >= 4 is 44.4 Å². The molecule has 0 amide bonds. The predicted molar refractivity (Wildman–Crippen MR) is 171 cm³/mol. The number of halogens is 1.